The van der Waals surface area contributed by atoms with Gasteiger partial charge in [0, 0.05) is 10.9 Å². The van der Waals surface area contributed by atoms with Crippen LogP contribution in [0.15, 0.2) is 59.1 Å². The fraction of sp³-hybridized carbons (Fsp3) is 0.176. The third-order valence-corrected chi connectivity index (χ3v) is 4.13. The summed E-state index contributed by atoms with van der Waals surface area (Å²) in [6.45, 7) is 0. The van der Waals surface area contributed by atoms with E-state index in [9.17, 15) is 19.8 Å². The molecule has 0 radical (unpaired) electrons. The summed E-state index contributed by atoms with van der Waals surface area (Å²) in [5.41, 5.74) is 1.17. The quantitative estimate of drug-likeness (QED) is 0.720. The number of carbonyl (C=O) groups excluding carboxylic acids is 1. The van der Waals surface area contributed by atoms with Crippen molar-refractivity contribution in [1.82, 2.24) is 5.32 Å². The maximum atomic E-state index is 12.1. The van der Waals surface area contributed by atoms with E-state index < -0.39 is 24.0 Å². The Morgan fingerprint density at radius 1 is 1.04 bits per heavy atom. The number of carboxylic acids is 1. The van der Waals surface area contributed by atoms with E-state index in [2.05, 4.69) is 21.2 Å². The Morgan fingerprint density at radius 3 is 2.26 bits per heavy atom. The van der Waals surface area contributed by atoms with E-state index in [0.29, 0.717) is 5.56 Å². The minimum atomic E-state index is -1.41. The van der Waals surface area contributed by atoms with Crippen molar-refractivity contribution < 1.29 is 19.8 Å². The zero-order valence-corrected chi connectivity index (χ0v) is 13.7. The standard InChI is InChI=1S/C17H16BrNO4/c18-13-9-5-4-8-12(13)10-14(17(22)23)19-16(21)15(20)11-6-2-1-3-7-11/h1-9,14-15,20H,10H2,(H,19,21)(H,22,23)/t14-,15+/m1/s1. The van der Waals surface area contributed by atoms with Crippen LogP contribution in [0.25, 0.3) is 0 Å². The van der Waals surface area contributed by atoms with Gasteiger partial charge in [-0.3, -0.25) is 4.79 Å². The van der Waals surface area contributed by atoms with Gasteiger partial charge in [-0.05, 0) is 17.2 Å². The molecule has 3 N–H and O–H groups in total. The number of aliphatic hydroxyl groups is 1. The van der Waals surface area contributed by atoms with Crippen molar-refractivity contribution in [1.29, 1.82) is 0 Å². The Labute approximate surface area is 142 Å². The molecule has 0 saturated heterocycles. The highest BCUT2D eigenvalue weighted by atomic mass is 79.9. The van der Waals surface area contributed by atoms with Gasteiger partial charge in [0.15, 0.2) is 6.10 Å². The highest BCUT2D eigenvalue weighted by Crippen LogP contribution is 2.18. The summed E-state index contributed by atoms with van der Waals surface area (Å²) in [4.78, 5) is 23.5. The van der Waals surface area contributed by atoms with Crippen molar-refractivity contribution in [2.45, 2.75) is 18.6 Å². The highest BCUT2D eigenvalue weighted by molar-refractivity contribution is 9.10. The molecule has 0 aromatic heterocycles. The van der Waals surface area contributed by atoms with Gasteiger partial charge in [-0.2, -0.15) is 0 Å². The van der Waals surface area contributed by atoms with Crippen molar-refractivity contribution in [3.05, 3.63) is 70.2 Å². The lowest BCUT2D eigenvalue weighted by molar-refractivity contribution is -0.143. The lowest BCUT2D eigenvalue weighted by Gasteiger charge is -2.18. The van der Waals surface area contributed by atoms with E-state index in [-0.39, 0.29) is 6.42 Å². The molecule has 0 aliphatic carbocycles. The van der Waals surface area contributed by atoms with Gasteiger partial charge in [0.2, 0.25) is 0 Å². The molecule has 2 aromatic carbocycles. The Morgan fingerprint density at radius 2 is 1.65 bits per heavy atom. The van der Waals surface area contributed by atoms with Gasteiger partial charge in [0.25, 0.3) is 5.91 Å². The van der Waals surface area contributed by atoms with Crippen LogP contribution in [0.1, 0.15) is 17.2 Å². The summed E-state index contributed by atoms with van der Waals surface area (Å²) in [5, 5.41) is 21.7. The molecule has 5 nitrogen and oxygen atoms in total. The topological polar surface area (TPSA) is 86.6 Å². The van der Waals surface area contributed by atoms with Crippen LogP contribution in [-0.4, -0.2) is 28.1 Å². The van der Waals surface area contributed by atoms with Crippen LogP contribution < -0.4 is 5.32 Å². The number of carboxylic acid groups (broad SMARTS) is 1. The smallest absolute Gasteiger partial charge is 0.326 e. The maximum Gasteiger partial charge on any atom is 0.326 e. The van der Waals surface area contributed by atoms with Crippen LogP contribution in [0.4, 0.5) is 0 Å². The number of hydrogen-bond donors (Lipinski definition) is 3. The molecule has 2 atom stereocenters. The monoisotopic (exact) mass is 377 g/mol. The predicted molar refractivity (Wildman–Crippen MR) is 88.8 cm³/mol. The van der Waals surface area contributed by atoms with Crippen LogP contribution in [-0.2, 0) is 16.0 Å². The number of carbonyl (C=O) groups is 2. The first-order valence-electron chi connectivity index (χ1n) is 6.98. The SMILES string of the molecule is O=C(N[C@H](Cc1ccccc1Br)C(=O)O)[C@@H](O)c1ccccc1. The van der Waals surface area contributed by atoms with E-state index in [0.717, 1.165) is 10.0 Å². The molecular formula is C17H16BrNO4. The van der Waals surface area contributed by atoms with Crippen LogP contribution in [0.3, 0.4) is 0 Å². The van der Waals surface area contributed by atoms with E-state index in [1.54, 1.807) is 48.5 Å². The molecule has 6 heteroatoms. The molecule has 0 heterocycles. The molecule has 0 bridgehead atoms. The van der Waals surface area contributed by atoms with E-state index in [1.807, 2.05) is 6.07 Å². The molecule has 0 unspecified atom stereocenters. The molecule has 0 spiro atoms. The average Bonchev–Trinajstić information content (AvgIpc) is 2.56. The molecule has 0 fully saturated rings. The average molecular weight is 378 g/mol. The first-order chi connectivity index (χ1) is 11.0. The van der Waals surface area contributed by atoms with E-state index >= 15 is 0 Å². The molecular weight excluding hydrogens is 362 g/mol. The predicted octanol–water partition coefficient (Wildman–Crippen LogP) is 2.29. The fourth-order valence-electron chi connectivity index (χ4n) is 2.12. The van der Waals surface area contributed by atoms with Gasteiger partial charge in [-0.15, -0.1) is 0 Å². The number of amides is 1. The number of aliphatic hydroxyl groups excluding tert-OH is 1. The Bertz CT molecular complexity index is 690. The third kappa shape index (κ3) is 4.64. The second-order valence-electron chi connectivity index (χ2n) is 5.01. The van der Waals surface area contributed by atoms with Crippen molar-refractivity contribution in [3.63, 3.8) is 0 Å². The van der Waals surface area contributed by atoms with Crippen LogP contribution in [0, 0.1) is 0 Å². The van der Waals surface area contributed by atoms with Gasteiger partial charge < -0.3 is 15.5 Å². The lowest BCUT2D eigenvalue weighted by Crippen LogP contribution is -2.44. The molecule has 2 rings (SSSR count). The molecule has 0 saturated carbocycles. The summed E-state index contributed by atoms with van der Waals surface area (Å²) in [6, 6.07) is 14.4. The molecule has 23 heavy (non-hydrogen) atoms. The number of nitrogens with one attached hydrogen (secondary N) is 1. The van der Waals surface area contributed by atoms with Crippen molar-refractivity contribution in [2.24, 2.45) is 0 Å². The molecule has 0 aliphatic rings. The lowest BCUT2D eigenvalue weighted by atomic mass is 10.0. The second-order valence-corrected chi connectivity index (χ2v) is 5.86. The van der Waals surface area contributed by atoms with Gasteiger partial charge in [0.1, 0.15) is 6.04 Å². The highest BCUT2D eigenvalue weighted by Gasteiger charge is 2.25. The Kier molecular flexibility index (Phi) is 5.90. The van der Waals surface area contributed by atoms with Crippen LogP contribution >= 0.6 is 15.9 Å². The second kappa shape index (κ2) is 7.89. The Hall–Kier alpha value is -2.18. The molecule has 120 valence electrons. The van der Waals surface area contributed by atoms with E-state index in [4.69, 9.17) is 0 Å². The van der Waals surface area contributed by atoms with Gasteiger partial charge in [0.05, 0.1) is 0 Å². The van der Waals surface area contributed by atoms with Crippen LogP contribution in [0.2, 0.25) is 0 Å². The number of aliphatic carboxylic acids is 1. The van der Waals surface area contributed by atoms with Crippen molar-refractivity contribution >= 4 is 27.8 Å². The first-order valence-corrected chi connectivity index (χ1v) is 7.78. The van der Waals surface area contributed by atoms with Gasteiger partial charge in [-0.1, -0.05) is 64.5 Å². The summed E-state index contributed by atoms with van der Waals surface area (Å²) in [7, 11) is 0. The van der Waals surface area contributed by atoms with E-state index in [1.165, 1.54) is 0 Å². The van der Waals surface area contributed by atoms with Gasteiger partial charge in [-0.25, -0.2) is 4.79 Å². The maximum absolute atomic E-state index is 12.1. The molecule has 2 aromatic rings. The van der Waals surface area contributed by atoms with Gasteiger partial charge >= 0.3 is 5.97 Å². The minimum Gasteiger partial charge on any atom is -0.480 e. The molecule has 0 aliphatic heterocycles. The number of benzene rings is 2. The normalized spacial score (nSPS) is 13.1. The number of halogens is 1. The summed E-state index contributed by atoms with van der Waals surface area (Å²) >= 11 is 3.35. The fourth-order valence-corrected chi connectivity index (χ4v) is 2.57. The van der Waals surface area contributed by atoms with Crippen LogP contribution in [0.5, 0.6) is 0 Å². The summed E-state index contributed by atoms with van der Waals surface area (Å²) in [5.74, 6) is -1.90. The summed E-state index contributed by atoms with van der Waals surface area (Å²) < 4.78 is 0.768. The van der Waals surface area contributed by atoms with Crippen molar-refractivity contribution in [2.75, 3.05) is 0 Å². The Balaban J connectivity index is 2.09. The zero-order valence-electron chi connectivity index (χ0n) is 12.1. The third-order valence-electron chi connectivity index (χ3n) is 3.36. The van der Waals surface area contributed by atoms with Crippen molar-refractivity contribution in [3.8, 4) is 0 Å². The summed E-state index contributed by atoms with van der Waals surface area (Å²) in [6.07, 6.45) is -1.29. The zero-order chi connectivity index (χ0) is 16.8. The number of hydrogen-bond acceptors (Lipinski definition) is 3. The molecule has 1 amide bonds. The number of rotatable bonds is 6. The first kappa shape index (κ1) is 17.2. The largest absolute Gasteiger partial charge is 0.480 e. The minimum absolute atomic E-state index is 0.115.